The highest BCUT2D eigenvalue weighted by molar-refractivity contribution is 5.89. The highest BCUT2D eigenvalue weighted by atomic mass is 16.9. The van der Waals surface area contributed by atoms with Crippen LogP contribution in [0, 0.1) is 0 Å². The lowest BCUT2D eigenvalue weighted by molar-refractivity contribution is -0.333. The van der Waals surface area contributed by atoms with Crippen LogP contribution >= 0.6 is 0 Å². The molecule has 0 rings (SSSR count). The van der Waals surface area contributed by atoms with Crippen molar-refractivity contribution in [3.8, 4) is 0 Å². The molecule has 0 aliphatic rings. The van der Waals surface area contributed by atoms with Crippen LogP contribution in [0.5, 0.6) is 0 Å². The fourth-order valence-corrected chi connectivity index (χ4v) is 1.31. The van der Waals surface area contributed by atoms with Gasteiger partial charge in [0, 0.05) is 21.1 Å². The van der Waals surface area contributed by atoms with Gasteiger partial charge in [-0.25, -0.2) is 4.79 Å². The third-order valence-corrected chi connectivity index (χ3v) is 2.62. The molecule has 9 nitrogen and oxygen atoms in total. The molecule has 21 heavy (non-hydrogen) atoms. The van der Waals surface area contributed by atoms with Crippen LogP contribution in [0.25, 0.3) is 0 Å². The van der Waals surface area contributed by atoms with E-state index in [1.807, 2.05) is 0 Å². The topological polar surface area (TPSA) is 129 Å². The van der Waals surface area contributed by atoms with Crippen molar-refractivity contribution in [1.82, 2.24) is 0 Å². The molecule has 0 fully saturated rings. The number of aliphatic hydroxyl groups is 1. The van der Waals surface area contributed by atoms with Crippen molar-refractivity contribution in [1.29, 1.82) is 0 Å². The van der Waals surface area contributed by atoms with Gasteiger partial charge in [-0.2, -0.15) is 0 Å². The maximum Gasteiger partial charge on any atom is 0.336 e. The molecule has 0 saturated carbocycles. The monoisotopic (exact) mass is 308 g/mol. The largest absolute Gasteiger partial charge is 0.479 e. The summed E-state index contributed by atoms with van der Waals surface area (Å²) in [5.41, 5.74) is -2.63. The quantitative estimate of drug-likeness (QED) is 0.434. The number of rotatable bonds is 9. The zero-order valence-corrected chi connectivity index (χ0v) is 12.4. The van der Waals surface area contributed by atoms with E-state index < -0.39 is 42.3 Å². The molecule has 0 radical (unpaired) electrons. The average molecular weight is 308 g/mol. The molecule has 0 aromatic heterocycles. The number of carbonyl (C=O) groups is 3. The number of hydrogen-bond donors (Lipinski definition) is 2. The Morgan fingerprint density at radius 3 is 1.90 bits per heavy atom. The SMILES string of the molecule is CCOC(=O)CC(O)(CC(=O)OC(C)(OC)OC)C(=O)O. The first-order chi connectivity index (χ1) is 9.62. The first-order valence-electron chi connectivity index (χ1n) is 6.06. The molecule has 0 saturated heterocycles. The minimum atomic E-state index is -2.63. The zero-order chi connectivity index (χ0) is 16.7. The van der Waals surface area contributed by atoms with Crippen LogP contribution in [0.2, 0.25) is 0 Å². The van der Waals surface area contributed by atoms with Gasteiger partial charge >= 0.3 is 23.9 Å². The summed E-state index contributed by atoms with van der Waals surface area (Å²) < 4.78 is 18.8. The van der Waals surface area contributed by atoms with Crippen molar-refractivity contribution in [2.24, 2.45) is 0 Å². The van der Waals surface area contributed by atoms with E-state index in [0.717, 1.165) is 0 Å². The second kappa shape index (κ2) is 7.91. The van der Waals surface area contributed by atoms with E-state index in [-0.39, 0.29) is 6.61 Å². The Morgan fingerprint density at radius 2 is 1.52 bits per heavy atom. The number of methoxy groups -OCH3 is 2. The summed E-state index contributed by atoms with van der Waals surface area (Å²) in [5, 5.41) is 18.9. The molecule has 0 aliphatic heterocycles. The number of carboxylic acids is 1. The van der Waals surface area contributed by atoms with E-state index in [1.54, 1.807) is 0 Å². The zero-order valence-electron chi connectivity index (χ0n) is 12.4. The summed E-state index contributed by atoms with van der Waals surface area (Å²) in [6.07, 6.45) is -1.86. The molecule has 0 aromatic carbocycles. The number of ether oxygens (including phenoxy) is 4. The lowest BCUT2D eigenvalue weighted by Gasteiger charge is -2.27. The normalized spacial score (nSPS) is 14.1. The Balaban J connectivity index is 4.88. The van der Waals surface area contributed by atoms with Gasteiger partial charge in [0.05, 0.1) is 19.4 Å². The van der Waals surface area contributed by atoms with Gasteiger partial charge in [-0.1, -0.05) is 0 Å². The van der Waals surface area contributed by atoms with E-state index in [2.05, 4.69) is 4.74 Å². The molecule has 1 unspecified atom stereocenters. The van der Waals surface area contributed by atoms with Crippen molar-refractivity contribution in [2.75, 3.05) is 20.8 Å². The number of esters is 2. The van der Waals surface area contributed by atoms with Gasteiger partial charge in [-0.05, 0) is 6.92 Å². The molecule has 2 N–H and O–H groups in total. The van der Waals surface area contributed by atoms with Gasteiger partial charge in [-0.15, -0.1) is 0 Å². The van der Waals surface area contributed by atoms with E-state index >= 15 is 0 Å². The summed E-state index contributed by atoms with van der Waals surface area (Å²) in [7, 11) is 2.41. The van der Waals surface area contributed by atoms with Crippen LogP contribution in [-0.4, -0.2) is 60.5 Å². The Hall–Kier alpha value is -1.71. The lowest BCUT2D eigenvalue weighted by Crippen LogP contribution is -2.45. The molecule has 0 bridgehead atoms. The molecule has 9 heteroatoms. The summed E-state index contributed by atoms with van der Waals surface area (Å²) in [5.74, 6) is -5.53. The summed E-state index contributed by atoms with van der Waals surface area (Å²) >= 11 is 0. The molecule has 0 aromatic rings. The average Bonchev–Trinajstić information content (AvgIpc) is 2.38. The second-order valence-corrected chi connectivity index (χ2v) is 4.24. The second-order valence-electron chi connectivity index (χ2n) is 4.24. The molecule has 1 atom stereocenters. The third kappa shape index (κ3) is 6.06. The van der Waals surface area contributed by atoms with Gasteiger partial charge in [-0.3, -0.25) is 9.59 Å². The Morgan fingerprint density at radius 1 is 1.05 bits per heavy atom. The van der Waals surface area contributed by atoms with Gasteiger partial charge in [0.2, 0.25) is 0 Å². The van der Waals surface area contributed by atoms with E-state index in [1.165, 1.54) is 28.1 Å². The maximum atomic E-state index is 11.7. The van der Waals surface area contributed by atoms with Crippen molar-refractivity contribution < 1.29 is 43.5 Å². The Labute approximate surface area is 121 Å². The van der Waals surface area contributed by atoms with E-state index in [0.29, 0.717) is 0 Å². The van der Waals surface area contributed by atoms with Crippen molar-refractivity contribution in [3.63, 3.8) is 0 Å². The van der Waals surface area contributed by atoms with Crippen LogP contribution in [0.15, 0.2) is 0 Å². The fourth-order valence-electron chi connectivity index (χ4n) is 1.31. The predicted octanol–water partition coefficient (Wildman–Crippen LogP) is -0.345. The van der Waals surface area contributed by atoms with E-state index in [4.69, 9.17) is 19.3 Å². The van der Waals surface area contributed by atoms with Gasteiger partial charge in [0.1, 0.15) is 0 Å². The summed E-state index contributed by atoms with van der Waals surface area (Å²) in [6.45, 7) is 2.81. The minimum absolute atomic E-state index is 0.0183. The molecule has 0 aliphatic carbocycles. The molecule has 0 spiro atoms. The van der Waals surface area contributed by atoms with Crippen LogP contribution in [-0.2, 0) is 33.3 Å². The Bertz CT molecular complexity index is 388. The third-order valence-electron chi connectivity index (χ3n) is 2.62. The number of carboxylic acid groups (broad SMARTS) is 1. The highest BCUT2D eigenvalue weighted by Gasteiger charge is 2.43. The molecule has 122 valence electrons. The number of aliphatic carboxylic acids is 1. The number of hydrogen-bond acceptors (Lipinski definition) is 8. The maximum absolute atomic E-state index is 11.7. The van der Waals surface area contributed by atoms with Gasteiger partial charge in [0.25, 0.3) is 0 Å². The summed E-state index contributed by atoms with van der Waals surface area (Å²) in [4.78, 5) is 34.0. The van der Waals surface area contributed by atoms with Crippen LogP contribution in [0.3, 0.4) is 0 Å². The van der Waals surface area contributed by atoms with Gasteiger partial charge in [0.15, 0.2) is 5.60 Å². The van der Waals surface area contributed by atoms with Crippen LogP contribution < -0.4 is 0 Å². The number of carbonyl (C=O) groups excluding carboxylic acids is 2. The smallest absolute Gasteiger partial charge is 0.336 e. The standard InChI is InChI=1S/C12H20O9/c1-5-20-8(13)6-12(17,10(15)16)7-9(14)21-11(2,18-3)19-4/h17H,5-7H2,1-4H3,(H,15,16). The molecule has 0 heterocycles. The lowest BCUT2D eigenvalue weighted by atomic mass is 9.96. The van der Waals surface area contributed by atoms with E-state index in [9.17, 15) is 19.5 Å². The molecular formula is C12H20O9. The first-order valence-corrected chi connectivity index (χ1v) is 6.06. The Kier molecular flexibility index (Phi) is 7.27. The highest BCUT2D eigenvalue weighted by Crippen LogP contribution is 2.21. The molecular weight excluding hydrogens is 288 g/mol. The summed E-state index contributed by atoms with van der Waals surface area (Å²) in [6, 6.07) is 0. The molecule has 0 amide bonds. The van der Waals surface area contributed by atoms with Gasteiger partial charge < -0.3 is 29.2 Å². The van der Waals surface area contributed by atoms with Crippen LogP contribution in [0.1, 0.15) is 26.7 Å². The van der Waals surface area contributed by atoms with Crippen molar-refractivity contribution in [3.05, 3.63) is 0 Å². The fraction of sp³-hybridized carbons (Fsp3) is 0.750. The first kappa shape index (κ1) is 19.3. The van der Waals surface area contributed by atoms with Crippen molar-refractivity contribution >= 4 is 17.9 Å². The van der Waals surface area contributed by atoms with Crippen molar-refractivity contribution in [2.45, 2.75) is 38.3 Å². The van der Waals surface area contributed by atoms with Crippen LogP contribution in [0.4, 0.5) is 0 Å². The predicted molar refractivity (Wildman–Crippen MR) is 67.0 cm³/mol. The minimum Gasteiger partial charge on any atom is -0.479 e.